The number of aromatic nitrogens is 1. The van der Waals surface area contributed by atoms with Gasteiger partial charge in [-0.25, -0.2) is 4.39 Å². The maximum absolute atomic E-state index is 14.3. The molecule has 3 aromatic carbocycles. The zero-order valence-corrected chi connectivity index (χ0v) is 13.8. The number of primary amides is 1. The molecule has 5 heteroatoms. The third kappa shape index (κ3) is 2.46. The molecule has 0 aliphatic carbocycles. The van der Waals surface area contributed by atoms with Gasteiger partial charge in [0, 0.05) is 26.9 Å². The van der Waals surface area contributed by atoms with E-state index >= 15 is 0 Å². The Balaban J connectivity index is 2.06. The maximum Gasteiger partial charge on any atom is 0.249 e. The van der Waals surface area contributed by atoms with Crippen molar-refractivity contribution < 1.29 is 9.18 Å². The molecule has 4 rings (SSSR count). The summed E-state index contributed by atoms with van der Waals surface area (Å²) in [6, 6.07) is 18.7. The first-order valence-corrected chi connectivity index (χ1v) is 8.10. The van der Waals surface area contributed by atoms with Crippen molar-refractivity contribution in [2.75, 3.05) is 0 Å². The molecule has 0 saturated carbocycles. The summed E-state index contributed by atoms with van der Waals surface area (Å²) >= 11 is 6.20. The quantitative estimate of drug-likeness (QED) is 0.579. The Morgan fingerprint density at radius 2 is 1.88 bits per heavy atom. The molecule has 0 atom stereocenters. The fourth-order valence-electron chi connectivity index (χ4n) is 3.23. The summed E-state index contributed by atoms with van der Waals surface area (Å²) in [7, 11) is 0. The van der Waals surface area contributed by atoms with E-state index in [4.69, 9.17) is 17.3 Å². The standard InChI is InChI=1S/C20H13ClFN2O/c21-15-7-4-8-16(22)14(15)11-24-17-9-2-1-5-12(17)19-13(20(23)25)6-3-10-18(19)24/h1-4,6-10H,11H2,(H2,23,25). The molecule has 1 amide bonds. The van der Waals surface area contributed by atoms with E-state index in [0.717, 1.165) is 21.8 Å². The lowest BCUT2D eigenvalue weighted by atomic mass is 10.1. The Labute approximate surface area is 148 Å². The number of halogens is 2. The highest BCUT2D eigenvalue weighted by Gasteiger charge is 2.18. The van der Waals surface area contributed by atoms with Crippen molar-refractivity contribution in [3.8, 4) is 0 Å². The number of fused-ring (bicyclic) bond motifs is 3. The Kier molecular flexibility index (Phi) is 3.70. The number of carbonyl (C=O) groups is 1. The average Bonchev–Trinajstić information content (AvgIpc) is 2.92. The van der Waals surface area contributed by atoms with Gasteiger partial charge in [-0.1, -0.05) is 35.9 Å². The van der Waals surface area contributed by atoms with Crippen molar-refractivity contribution in [1.82, 2.24) is 4.57 Å². The van der Waals surface area contributed by atoms with E-state index in [1.165, 1.54) is 6.07 Å². The Morgan fingerprint density at radius 1 is 1.12 bits per heavy atom. The van der Waals surface area contributed by atoms with E-state index in [9.17, 15) is 9.18 Å². The first kappa shape index (κ1) is 15.7. The molecule has 0 spiro atoms. The second-order valence-electron chi connectivity index (χ2n) is 5.78. The van der Waals surface area contributed by atoms with Crippen LogP contribution in [0.4, 0.5) is 4.39 Å². The topological polar surface area (TPSA) is 48.0 Å². The molecule has 123 valence electrons. The number of carbonyl (C=O) groups excluding carboxylic acids is 1. The maximum atomic E-state index is 14.3. The second-order valence-corrected chi connectivity index (χ2v) is 6.19. The van der Waals surface area contributed by atoms with Crippen LogP contribution < -0.4 is 5.73 Å². The smallest absolute Gasteiger partial charge is 0.249 e. The van der Waals surface area contributed by atoms with E-state index in [1.807, 2.05) is 22.8 Å². The number of nitrogens with two attached hydrogens (primary N) is 1. The minimum absolute atomic E-state index is 0.242. The van der Waals surface area contributed by atoms with Crippen LogP contribution in [0, 0.1) is 11.9 Å². The number of benzene rings is 3. The molecule has 0 unspecified atom stereocenters. The van der Waals surface area contributed by atoms with Gasteiger partial charge in [0.1, 0.15) is 5.82 Å². The lowest BCUT2D eigenvalue weighted by molar-refractivity contribution is 0.100. The van der Waals surface area contributed by atoms with Crippen LogP contribution in [0.3, 0.4) is 0 Å². The Bertz CT molecular complexity index is 1110. The highest BCUT2D eigenvalue weighted by atomic mass is 35.5. The van der Waals surface area contributed by atoms with Gasteiger partial charge >= 0.3 is 0 Å². The number of nitrogens with zero attached hydrogens (tertiary/aromatic N) is 1. The molecule has 1 radical (unpaired) electrons. The normalized spacial score (nSPS) is 11.3. The fourth-order valence-corrected chi connectivity index (χ4v) is 3.45. The van der Waals surface area contributed by atoms with Crippen LogP contribution >= 0.6 is 11.6 Å². The van der Waals surface area contributed by atoms with E-state index in [0.29, 0.717) is 16.1 Å². The van der Waals surface area contributed by atoms with Gasteiger partial charge in [0.25, 0.3) is 0 Å². The van der Waals surface area contributed by atoms with Gasteiger partial charge in [-0.3, -0.25) is 4.79 Å². The van der Waals surface area contributed by atoms with Crippen LogP contribution in [-0.2, 0) is 6.54 Å². The Morgan fingerprint density at radius 3 is 2.64 bits per heavy atom. The first-order chi connectivity index (χ1) is 12.1. The van der Waals surface area contributed by atoms with Crippen LogP contribution in [0.2, 0.25) is 5.02 Å². The van der Waals surface area contributed by atoms with Gasteiger partial charge in [-0.05, 0) is 36.4 Å². The molecule has 1 heterocycles. The van der Waals surface area contributed by atoms with Gasteiger partial charge in [-0.2, -0.15) is 0 Å². The van der Waals surface area contributed by atoms with Crippen molar-refractivity contribution in [2.24, 2.45) is 5.73 Å². The predicted octanol–water partition coefficient (Wildman–Crippen LogP) is 4.53. The number of hydrogen-bond acceptors (Lipinski definition) is 1. The molecule has 2 N–H and O–H groups in total. The minimum atomic E-state index is -0.508. The number of rotatable bonds is 3. The van der Waals surface area contributed by atoms with Gasteiger partial charge in [0.2, 0.25) is 5.91 Å². The minimum Gasteiger partial charge on any atom is -0.366 e. The lowest BCUT2D eigenvalue weighted by Crippen LogP contribution is -2.11. The lowest BCUT2D eigenvalue weighted by Gasteiger charge is -2.10. The summed E-state index contributed by atoms with van der Waals surface area (Å²) in [6.07, 6.45) is 0. The average molecular weight is 352 g/mol. The SMILES string of the molecule is NC(=O)c1cccc2c1c1[c]cccc1n2Cc1c(F)cccc1Cl. The molecule has 0 bridgehead atoms. The summed E-state index contributed by atoms with van der Waals surface area (Å²) in [5, 5.41) is 1.86. The number of amides is 1. The van der Waals surface area contributed by atoms with Crippen molar-refractivity contribution in [1.29, 1.82) is 0 Å². The van der Waals surface area contributed by atoms with E-state index < -0.39 is 5.91 Å². The summed E-state index contributed by atoms with van der Waals surface area (Å²) in [6.45, 7) is 0.242. The second kappa shape index (κ2) is 5.90. The monoisotopic (exact) mass is 351 g/mol. The summed E-state index contributed by atoms with van der Waals surface area (Å²) in [5.41, 5.74) is 7.98. The van der Waals surface area contributed by atoms with Crippen LogP contribution in [-0.4, -0.2) is 10.5 Å². The summed E-state index contributed by atoms with van der Waals surface area (Å²) in [4.78, 5) is 11.9. The van der Waals surface area contributed by atoms with Crippen LogP contribution in [0.5, 0.6) is 0 Å². The van der Waals surface area contributed by atoms with Gasteiger partial charge in [0.05, 0.1) is 17.6 Å². The van der Waals surface area contributed by atoms with Gasteiger partial charge < -0.3 is 10.3 Å². The zero-order valence-electron chi connectivity index (χ0n) is 13.1. The molecule has 0 saturated heterocycles. The largest absolute Gasteiger partial charge is 0.366 e. The van der Waals surface area contributed by atoms with E-state index in [1.54, 1.807) is 30.3 Å². The molecule has 1 aromatic heterocycles. The van der Waals surface area contributed by atoms with Crippen LogP contribution in [0.15, 0.2) is 54.6 Å². The van der Waals surface area contributed by atoms with E-state index in [2.05, 4.69) is 6.07 Å². The van der Waals surface area contributed by atoms with Gasteiger partial charge in [-0.15, -0.1) is 0 Å². The third-order valence-corrected chi connectivity index (χ3v) is 4.71. The highest BCUT2D eigenvalue weighted by molar-refractivity contribution is 6.31. The van der Waals surface area contributed by atoms with Crippen molar-refractivity contribution in [3.63, 3.8) is 0 Å². The van der Waals surface area contributed by atoms with Crippen LogP contribution in [0.25, 0.3) is 21.8 Å². The van der Waals surface area contributed by atoms with Crippen molar-refractivity contribution in [3.05, 3.63) is 82.6 Å². The predicted molar refractivity (Wildman–Crippen MR) is 97.3 cm³/mol. The molecule has 4 aromatic rings. The van der Waals surface area contributed by atoms with Crippen molar-refractivity contribution >= 4 is 39.3 Å². The molecular weight excluding hydrogens is 339 g/mol. The summed E-state index contributed by atoms with van der Waals surface area (Å²) in [5.74, 6) is -0.876. The number of hydrogen-bond donors (Lipinski definition) is 1. The van der Waals surface area contributed by atoms with Crippen molar-refractivity contribution in [2.45, 2.75) is 6.54 Å². The first-order valence-electron chi connectivity index (χ1n) is 7.72. The molecular formula is C20H13ClFN2O. The van der Waals surface area contributed by atoms with Crippen LogP contribution in [0.1, 0.15) is 15.9 Å². The van der Waals surface area contributed by atoms with Gasteiger partial charge in [0.15, 0.2) is 0 Å². The third-order valence-electron chi connectivity index (χ3n) is 4.35. The molecule has 0 aliphatic heterocycles. The van der Waals surface area contributed by atoms with E-state index in [-0.39, 0.29) is 12.4 Å². The Hall–Kier alpha value is -2.85. The molecule has 25 heavy (non-hydrogen) atoms. The zero-order chi connectivity index (χ0) is 17.6. The molecule has 3 nitrogen and oxygen atoms in total. The fraction of sp³-hybridized carbons (Fsp3) is 0.0500. The molecule has 0 aliphatic rings. The highest BCUT2D eigenvalue weighted by Crippen LogP contribution is 2.33. The molecule has 0 fully saturated rings. The summed E-state index contributed by atoms with van der Waals surface area (Å²) < 4.78 is 16.2.